The first kappa shape index (κ1) is 21.4. The number of fused-ring (bicyclic) bond motifs is 1. The minimum atomic E-state index is 0.575. The summed E-state index contributed by atoms with van der Waals surface area (Å²) in [6.45, 7) is 0. The Morgan fingerprint density at radius 1 is 0.750 bits per heavy atom. The van der Waals surface area contributed by atoms with Crippen LogP contribution in [0.5, 0.6) is 23.0 Å². The van der Waals surface area contributed by atoms with E-state index in [-0.39, 0.29) is 0 Å². The zero-order valence-electron chi connectivity index (χ0n) is 18.1. The van der Waals surface area contributed by atoms with Crippen molar-refractivity contribution < 1.29 is 18.9 Å². The van der Waals surface area contributed by atoms with Gasteiger partial charge in [-0.2, -0.15) is 0 Å². The average Bonchev–Trinajstić information content (AvgIpc) is 3.24. The van der Waals surface area contributed by atoms with Gasteiger partial charge in [-0.15, -0.1) is 0 Å². The summed E-state index contributed by atoms with van der Waals surface area (Å²) in [5.41, 5.74) is 3.90. The number of imidazole rings is 1. The Hall–Kier alpha value is -3.82. The highest BCUT2D eigenvalue weighted by Gasteiger charge is 2.17. The largest absolute Gasteiger partial charge is 0.496 e. The van der Waals surface area contributed by atoms with E-state index in [9.17, 15) is 0 Å². The van der Waals surface area contributed by atoms with Crippen molar-refractivity contribution in [1.29, 1.82) is 0 Å². The maximum absolute atomic E-state index is 5.95. The lowest BCUT2D eigenvalue weighted by Gasteiger charge is -2.12. The molecule has 6 nitrogen and oxygen atoms in total. The van der Waals surface area contributed by atoms with Crippen LogP contribution < -0.4 is 18.9 Å². The second-order valence-corrected chi connectivity index (χ2v) is 7.26. The summed E-state index contributed by atoms with van der Waals surface area (Å²) in [7, 11) is 6.38. The Kier molecular flexibility index (Phi) is 6.11. The molecule has 1 N–H and O–H groups in total. The number of ether oxygens (including phenoxy) is 4. The van der Waals surface area contributed by atoms with Crippen LogP contribution in [-0.2, 0) is 0 Å². The summed E-state index contributed by atoms with van der Waals surface area (Å²) < 4.78 is 21.9. The molecule has 3 aromatic carbocycles. The minimum Gasteiger partial charge on any atom is -0.496 e. The number of nitrogens with one attached hydrogen (secondary N) is 1. The number of aromatic nitrogens is 2. The van der Waals surface area contributed by atoms with Crippen molar-refractivity contribution in [1.82, 2.24) is 9.97 Å². The highest BCUT2D eigenvalue weighted by molar-refractivity contribution is 6.30. The topological polar surface area (TPSA) is 65.6 Å². The van der Waals surface area contributed by atoms with Gasteiger partial charge in [0.25, 0.3) is 0 Å². The molecule has 32 heavy (non-hydrogen) atoms. The molecule has 0 saturated heterocycles. The molecule has 0 radical (unpaired) electrons. The van der Waals surface area contributed by atoms with Gasteiger partial charge in [-0.05, 0) is 36.4 Å². The maximum Gasteiger partial charge on any atom is 0.164 e. The normalized spacial score (nSPS) is 10.4. The molecule has 1 aromatic heterocycles. The SMILES string of the molecule is COc1cc2nc(-c3cc(OC)c(OC)cc3OC)[nH]c2cc1C#Cc1ccc(Cl)cc1. The van der Waals surface area contributed by atoms with Gasteiger partial charge in [0.05, 0.1) is 50.6 Å². The molecule has 0 amide bonds. The third-order valence-electron chi connectivity index (χ3n) is 4.95. The van der Waals surface area contributed by atoms with Crippen molar-refractivity contribution in [3.63, 3.8) is 0 Å². The molecule has 7 heteroatoms. The van der Waals surface area contributed by atoms with Crippen LogP contribution in [0.4, 0.5) is 0 Å². The van der Waals surface area contributed by atoms with Crippen LogP contribution in [0.1, 0.15) is 11.1 Å². The predicted molar refractivity (Wildman–Crippen MR) is 125 cm³/mol. The van der Waals surface area contributed by atoms with Gasteiger partial charge >= 0.3 is 0 Å². The first-order valence-electron chi connectivity index (χ1n) is 9.72. The molecule has 0 aliphatic carbocycles. The molecule has 4 aromatic rings. The summed E-state index contributed by atoms with van der Waals surface area (Å²) in [6.07, 6.45) is 0. The van der Waals surface area contributed by atoms with E-state index in [0.29, 0.717) is 33.8 Å². The number of methoxy groups -OCH3 is 4. The van der Waals surface area contributed by atoms with Crippen molar-refractivity contribution in [3.8, 4) is 46.2 Å². The predicted octanol–water partition coefficient (Wildman–Crippen LogP) is 5.32. The van der Waals surface area contributed by atoms with Crippen molar-refractivity contribution in [2.24, 2.45) is 0 Å². The molecule has 0 fully saturated rings. The first-order valence-corrected chi connectivity index (χ1v) is 10.1. The molecule has 0 bridgehead atoms. The van der Waals surface area contributed by atoms with E-state index in [2.05, 4.69) is 16.8 Å². The quantitative estimate of drug-likeness (QED) is 0.419. The molecular weight excluding hydrogens is 428 g/mol. The van der Waals surface area contributed by atoms with Crippen LogP contribution in [0.25, 0.3) is 22.4 Å². The highest BCUT2D eigenvalue weighted by Crippen LogP contribution is 2.40. The Labute approximate surface area is 191 Å². The Balaban J connectivity index is 1.80. The second kappa shape index (κ2) is 9.13. The Morgan fingerprint density at radius 2 is 1.41 bits per heavy atom. The van der Waals surface area contributed by atoms with Gasteiger partial charge in [-0.1, -0.05) is 23.4 Å². The van der Waals surface area contributed by atoms with E-state index in [1.165, 1.54) is 0 Å². The van der Waals surface area contributed by atoms with Gasteiger partial charge in [0.1, 0.15) is 17.3 Å². The van der Waals surface area contributed by atoms with Gasteiger partial charge in [0.15, 0.2) is 11.5 Å². The van der Waals surface area contributed by atoms with Crippen LogP contribution in [-0.4, -0.2) is 38.4 Å². The van der Waals surface area contributed by atoms with Gasteiger partial charge in [-0.3, -0.25) is 0 Å². The van der Waals surface area contributed by atoms with E-state index < -0.39 is 0 Å². The van der Waals surface area contributed by atoms with Gasteiger partial charge in [0, 0.05) is 22.7 Å². The molecule has 0 saturated carbocycles. The number of halogens is 1. The third kappa shape index (κ3) is 4.16. The van der Waals surface area contributed by atoms with E-state index in [0.717, 1.165) is 27.7 Å². The maximum atomic E-state index is 5.95. The molecule has 0 aliphatic rings. The molecular formula is C25H21ClN2O4. The van der Waals surface area contributed by atoms with Gasteiger partial charge in [0.2, 0.25) is 0 Å². The van der Waals surface area contributed by atoms with Crippen LogP contribution in [0.3, 0.4) is 0 Å². The number of rotatable bonds is 5. The average molecular weight is 449 g/mol. The fraction of sp³-hybridized carbons (Fsp3) is 0.160. The molecule has 4 rings (SSSR count). The molecule has 0 atom stereocenters. The van der Waals surface area contributed by atoms with Gasteiger partial charge in [-0.25, -0.2) is 4.98 Å². The fourth-order valence-corrected chi connectivity index (χ4v) is 3.44. The van der Waals surface area contributed by atoms with Crippen LogP contribution >= 0.6 is 11.6 Å². The van der Waals surface area contributed by atoms with E-state index in [1.54, 1.807) is 34.5 Å². The Bertz CT molecular complexity index is 1330. The van der Waals surface area contributed by atoms with E-state index in [1.807, 2.05) is 42.5 Å². The van der Waals surface area contributed by atoms with Crippen LogP contribution in [0.15, 0.2) is 48.5 Å². The van der Waals surface area contributed by atoms with Crippen molar-refractivity contribution >= 4 is 22.6 Å². The van der Waals surface area contributed by atoms with E-state index in [4.69, 9.17) is 35.5 Å². The lowest BCUT2D eigenvalue weighted by atomic mass is 10.1. The second-order valence-electron chi connectivity index (χ2n) is 6.82. The number of aromatic amines is 1. The first-order chi connectivity index (χ1) is 15.6. The summed E-state index contributed by atoms with van der Waals surface area (Å²) in [4.78, 5) is 8.07. The van der Waals surface area contributed by atoms with Crippen molar-refractivity contribution in [2.45, 2.75) is 0 Å². The number of nitrogens with zero attached hydrogens (tertiary/aromatic N) is 1. The number of hydrogen-bond acceptors (Lipinski definition) is 5. The molecule has 0 unspecified atom stereocenters. The summed E-state index contributed by atoms with van der Waals surface area (Å²) >= 11 is 5.95. The zero-order valence-corrected chi connectivity index (χ0v) is 18.8. The van der Waals surface area contributed by atoms with E-state index >= 15 is 0 Å². The summed E-state index contributed by atoms with van der Waals surface area (Å²) in [5, 5.41) is 0.671. The van der Waals surface area contributed by atoms with Crippen LogP contribution in [0.2, 0.25) is 5.02 Å². The number of H-pyrrole nitrogens is 1. The number of hydrogen-bond donors (Lipinski definition) is 1. The Morgan fingerprint density at radius 3 is 2.06 bits per heavy atom. The molecule has 1 heterocycles. The zero-order chi connectivity index (χ0) is 22.7. The standard InChI is InChI=1S/C25H21ClN2O4/c1-29-21-13-20-19(11-16(21)8-5-15-6-9-17(26)10-7-15)27-25(28-20)18-12-23(31-3)24(32-4)14-22(18)30-2/h6-7,9-14H,1-4H3,(H,27,28). The summed E-state index contributed by atoms with van der Waals surface area (Å²) in [5.74, 6) is 9.33. The van der Waals surface area contributed by atoms with Crippen LogP contribution in [0, 0.1) is 11.8 Å². The molecule has 162 valence electrons. The van der Waals surface area contributed by atoms with Crippen molar-refractivity contribution in [3.05, 3.63) is 64.7 Å². The smallest absolute Gasteiger partial charge is 0.164 e. The molecule has 0 spiro atoms. The highest BCUT2D eigenvalue weighted by atomic mass is 35.5. The lowest BCUT2D eigenvalue weighted by molar-refractivity contribution is 0.349. The third-order valence-corrected chi connectivity index (χ3v) is 5.20. The van der Waals surface area contributed by atoms with Gasteiger partial charge < -0.3 is 23.9 Å². The summed E-state index contributed by atoms with van der Waals surface area (Å²) in [6, 6.07) is 14.7. The molecule has 0 aliphatic heterocycles. The monoisotopic (exact) mass is 448 g/mol. The fourth-order valence-electron chi connectivity index (χ4n) is 3.32. The minimum absolute atomic E-state index is 0.575. The lowest BCUT2D eigenvalue weighted by Crippen LogP contribution is -1.95. The van der Waals surface area contributed by atoms with Crippen molar-refractivity contribution in [2.75, 3.05) is 28.4 Å². The number of benzene rings is 3.